The van der Waals surface area contributed by atoms with Crippen LogP contribution >= 0.6 is 0 Å². The maximum Gasteiger partial charge on any atom is 0.179 e. The van der Waals surface area contributed by atoms with Crippen molar-refractivity contribution in [3.05, 3.63) is 60.7 Å². The van der Waals surface area contributed by atoms with E-state index in [0.717, 1.165) is 11.5 Å². The Labute approximate surface area is 110 Å². The van der Waals surface area contributed by atoms with Gasteiger partial charge in [0.15, 0.2) is 11.5 Å². The zero-order valence-electron chi connectivity index (χ0n) is 10.2. The molecule has 1 aliphatic rings. The van der Waals surface area contributed by atoms with E-state index in [9.17, 15) is 0 Å². The number of hydrogen-bond donors (Lipinski definition) is 0. The summed E-state index contributed by atoms with van der Waals surface area (Å²) in [6, 6.07) is 21.4. The van der Waals surface area contributed by atoms with Gasteiger partial charge in [-0.25, -0.2) is 0 Å². The Bertz CT molecular complexity index is 977. The molecule has 4 aromatic carbocycles. The Morgan fingerprint density at radius 2 is 1.26 bits per heavy atom. The van der Waals surface area contributed by atoms with Gasteiger partial charge in [0, 0.05) is 10.8 Å². The van der Waals surface area contributed by atoms with E-state index in [0.29, 0.717) is 0 Å². The van der Waals surface area contributed by atoms with Crippen LogP contribution in [-0.4, -0.2) is 0 Å². The van der Waals surface area contributed by atoms with Gasteiger partial charge < -0.3 is 4.74 Å². The molecule has 0 saturated heterocycles. The highest BCUT2D eigenvalue weighted by atomic mass is 16.6. The molecule has 0 atom stereocenters. The lowest BCUT2D eigenvalue weighted by molar-refractivity contribution is 0.657. The Hall–Kier alpha value is -2.54. The predicted octanol–water partition coefficient (Wildman–Crippen LogP) is 5.25. The first-order chi connectivity index (χ1) is 9.43. The van der Waals surface area contributed by atoms with E-state index in [1.165, 1.54) is 32.3 Å². The average molecular weight is 242 g/mol. The number of ether oxygens (including phenoxy) is 1. The standard InChI is InChI=1S/C18H10O/c1-2-6-12-11(5-1)9-10-14-13-7-3-4-8-15(13)17-18(19-17)16(12)14/h1-10H. The van der Waals surface area contributed by atoms with Crippen LogP contribution in [0.4, 0.5) is 0 Å². The molecule has 1 nitrogen and oxygen atoms in total. The van der Waals surface area contributed by atoms with Gasteiger partial charge in [0.25, 0.3) is 0 Å². The number of hydrogen-bond acceptors (Lipinski definition) is 1. The van der Waals surface area contributed by atoms with Crippen LogP contribution in [0.15, 0.2) is 60.7 Å². The minimum atomic E-state index is 1.06. The number of benzene rings is 4. The molecule has 0 aromatic heterocycles. The molecule has 0 amide bonds. The second-order valence-corrected chi connectivity index (χ2v) is 5.02. The fourth-order valence-electron chi connectivity index (χ4n) is 3.08. The van der Waals surface area contributed by atoms with Gasteiger partial charge in [-0.15, -0.1) is 0 Å². The Kier molecular flexibility index (Phi) is 1.52. The second-order valence-electron chi connectivity index (χ2n) is 5.02. The first kappa shape index (κ1) is 9.40. The fourth-order valence-corrected chi connectivity index (χ4v) is 3.08. The lowest BCUT2D eigenvalue weighted by atomic mass is 9.97. The van der Waals surface area contributed by atoms with E-state index in [2.05, 4.69) is 60.7 Å². The maximum atomic E-state index is 5.77. The van der Waals surface area contributed by atoms with Crippen molar-refractivity contribution < 1.29 is 4.74 Å². The molecule has 4 aromatic rings. The predicted molar refractivity (Wildman–Crippen MR) is 79.0 cm³/mol. The Balaban J connectivity index is 2.15. The summed E-state index contributed by atoms with van der Waals surface area (Å²) in [6.45, 7) is 0. The van der Waals surface area contributed by atoms with Crippen LogP contribution in [0.3, 0.4) is 0 Å². The molecular formula is C18H10O. The van der Waals surface area contributed by atoms with Crippen molar-refractivity contribution in [2.24, 2.45) is 0 Å². The fraction of sp³-hybridized carbons (Fsp3) is 0. The molecule has 1 heterocycles. The highest BCUT2D eigenvalue weighted by Crippen LogP contribution is 2.57. The molecule has 0 unspecified atom stereocenters. The van der Waals surface area contributed by atoms with E-state index in [4.69, 9.17) is 4.74 Å². The molecule has 0 saturated carbocycles. The first-order valence-electron chi connectivity index (χ1n) is 6.47. The van der Waals surface area contributed by atoms with Crippen molar-refractivity contribution in [2.75, 3.05) is 0 Å². The summed E-state index contributed by atoms with van der Waals surface area (Å²) in [5, 5.41) is 7.58. The largest absolute Gasteiger partial charge is 0.448 e. The van der Waals surface area contributed by atoms with Gasteiger partial charge >= 0.3 is 0 Å². The van der Waals surface area contributed by atoms with Gasteiger partial charge in [0.05, 0.1) is 0 Å². The van der Waals surface area contributed by atoms with Crippen LogP contribution in [0.2, 0.25) is 0 Å². The molecule has 1 aliphatic heterocycles. The highest BCUT2D eigenvalue weighted by Gasteiger charge is 2.28. The Morgan fingerprint density at radius 3 is 2.16 bits per heavy atom. The normalized spacial score (nSPS) is 12.6. The van der Waals surface area contributed by atoms with E-state index >= 15 is 0 Å². The monoisotopic (exact) mass is 242 g/mol. The topological polar surface area (TPSA) is 12.5 Å². The third kappa shape index (κ3) is 1.10. The van der Waals surface area contributed by atoms with Crippen molar-refractivity contribution in [1.82, 2.24) is 0 Å². The minimum absolute atomic E-state index is 1.06. The zero-order valence-corrected chi connectivity index (χ0v) is 10.2. The van der Waals surface area contributed by atoms with Gasteiger partial charge in [0.1, 0.15) is 0 Å². The molecule has 88 valence electrons. The lowest BCUT2D eigenvalue weighted by Gasteiger charge is -2.04. The first-order valence-corrected chi connectivity index (χ1v) is 6.47. The highest BCUT2D eigenvalue weighted by molar-refractivity contribution is 6.24. The van der Waals surface area contributed by atoms with Crippen LogP contribution in [0.25, 0.3) is 32.3 Å². The van der Waals surface area contributed by atoms with E-state index in [1.807, 2.05) is 0 Å². The van der Waals surface area contributed by atoms with Crippen LogP contribution in [0.5, 0.6) is 11.5 Å². The van der Waals surface area contributed by atoms with Crippen molar-refractivity contribution in [3.8, 4) is 11.5 Å². The van der Waals surface area contributed by atoms with Crippen LogP contribution < -0.4 is 4.74 Å². The van der Waals surface area contributed by atoms with Gasteiger partial charge in [-0.1, -0.05) is 60.7 Å². The molecule has 0 bridgehead atoms. The minimum Gasteiger partial charge on any atom is -0.448 e. The molecule has 0 N–H and O–H groups in total. The van der Waals surface area contributed by atoms with E-state index in [-0.39, 0.29) is 0 Å². The smallest absolute Gasteiger partial charge is 0.179 e. The van der Waals surface area contributed by atoms with Crippen molar-refractivity contribution in [2.45, 2.75) is 0 Å². The molecular weight excluding hydrogens is 232 g/mol. The molecule has 0 radical (unpaired) electrons. The lowest BCUT2D eigenvalue weighted by Crippen LogP contribution is -1.77. The van der Waals surface area contributed by atoms with Crippen molar-refractivity contribution in [3.63, 3.8) is 0 Å². The molecule has 0 fully saturated rings. The summed E-state index contributed by atoms with van der Waals surface area (Å²) < 4.78 is 5.77. The zero-order chi connectivity index (χ0) is 12.4. The van der Waals surface area contributed by atoms with Gasteiger partial charge in [-0.2, -0.15) is 0 Å². The third-order valence-corrected chi connectivity index (χ3v) is 3.99. The van der Waals surface area contributed by atoms with Crippen LogP contribution in [-0.2, 0) is 0 Å². The maximum absolute atomic E-state index is 5.77. The third-order valence-electron chi connectivity index (χ3n) is 3.99. The summed E-state index contributed by atoms with van der Waals surface area (Å²) in [5.74, 6) is 2.12. The second kappa shape index (κ2) is 3.07. The van der Waals surface area contributed by atoms with Gasteiger partial charge in [0.2, 0.25) is 0 Å². The van der Waals surface area contributed by atoms with Crippen LogP contribution in [0.1, 0.15) is 0 Å². The van der Waals surface area contributed by atoms with E-state index < -0.39 is 0 Å². The average Bonchev–Trinajstić information content (AvgIpc) is 3.27. The van der Waals surface area contributed by atoms with E-state index in [1.54, 1.807) is 0 Å². The summed E-state index contributed by atoms with van der Waals surface area (Å²) >= 11 is 0. The number of rotatable bonds is 0. The van der Waals surface area contributed by atoms with Crippen LogP contribution in [0, 0.1) is 0 Å². The molecule has 1 heteroatoms. The molecule has 19 heavy (non-hydrogen) atoms. The number of fused-ring (bicyclic) bond motifs is 8. The molecule has 0 spiro atoms. The summed E-state index contributed by atoms with van der Waals surface area (Å²) in [6.07, 6.45) is 0. The Morgan fingerprint density at radius 1 is 0.526 bits per heavy atom. The summed E-state index contributed by atoms with van der Waals surface area (Å²) in [5.41, 5.74) is 0. The quantitative estimate of drug-likeness (QED) is 0.267. The molecule has 0 aliphatic carbocycles. The summed E-state index contributed by atoms with van der Waals surface area (Å²) in [7, 11) is 0. The van der Waals surface area contributed by atoms with Gasteiger partial charge in [-0.3, -0.25) is 0 Å². The van der Waals surface area contributed by atoms with Crippen molar-refractivity contribution in [1.29, 1.82) is 0 Å². The van der Waals surface area contributed by atoms with Crippen molar-refractivity contribution >= 4 is 32.3 Å². The summed E-state index contributed by atoms with van der Waals surface area (Å²) in [4.78, 5) is 0. The van der Waals surface area contributed by atoms with Gasteiger partial charge in [-0.05, 0) is 21.5 Å². The molecule has 5 rings (SSSR count). The SMILES string of the molecule is c1ccc2c(c1)ccc1c3ccccc3c3c(c21)O3.